The van der Waals surface area contributed by atoms with E-state index >= 15 is 0 Å². The van der Waals surface area contributed by atoms with Gasteiger partial charge in [-0.25, -0.2) is 22.8 Å². The Labute approximate surface area is 176 Å². The second kappa shape index (κ2) is 10.6. The molecule has 0 saturated heterocycles. The van der Waals surface area contributed by atoms with Crippen LogP contribution in [0.3, 0.4) is 0 Å². The highest BCUT2D eigenvalue weighted by atomic mass is 32.2. The van der Waals surface area contributed by atoms with Gasteiger partial charge in [-0.1, -0.05) is 25.5 Å². The molecule has 1 aromatic heterocycles. The van der Waals surface area contributed by atoms with Crippen LogP contribution in [0.4, 0.5) is 16.0 Å². The maximum absolute atomic E-state index is 13.7. The first kappa shape index (κ1) is 21.6. The van der Waals surface area contributed by atoms with Crippen molar-refractivity contribution in [1.82, 2.24) is 15.0 Å². The Morgan fingerprint density at radius 1 is 1.13 bits per heavy atom. The minimum atomic E-state index is -2.42. The van der Waals surface area contributed by atoms with E-state index in [-0.39, 0.29) is 5.75 Å². The van der Waals surface area contributed by atoms with Gasteiger partial charge in [-0.15, -0.1) is 0 Å². The molecule has 9 heteroatoms. The van der Waals surface area contributed by atoms with Gasteiger partial charge in [0.1, 0.15) is 28.6 Å². The van der Waals surface area contributed by atoms with Crippen molar-refractivity contribution < 1.29 is 17.5 Å². The summed E-state index contributed by atoms with van der Waals surface area (Å²) in [7, 11) is -2.42. The van der Waals surface area contributed by atoms with Gasteiger partial charge >= 0.3 is 0 Å². The van der Waals surface area contributed by atoms with Crippen molar-refractivity contribution in [3.05, 3.63) is 60.2 Å². The molecule has 0 aliphatic carbocycles. The van der Waals surface area contributed by atoms with Crippen molar-refractivity contribution in [3.63, 3.8) is 0 Å². The Morgan fingerprint density at radius 3 is 2.80 bits per heavy atom. The van der Waals surface area contributed by atoms with Crippen molar-refractivity contribution in [1.29, 1.82) is 0 Å². The zero-order valence-electron chi connectivity index (χ0n) is 16.5. The molecule has 7 nitrogen and oxygen atoms in total. The number of rotatable bonds is 10. The summed E-state index contributed by atoms with van der Waals surface area (Å²) in [6.45, 7) is 2.53. The predicted molar refractivity (Wildman–Crippen MR) is 114 cm³/mol. The van der Waals surface area contributed by atoms with Crippen LogP contribution in [-0.4, -0.2) is 35.7 Å². The topological polar surface area (TPSA) is 94.1 Å². The Balaban J connectivity index is 1.81. The Morgan fingerprint density at radius 2 is 2.00 bits per heavy atom. The van der Waals surface area contributed by atoms with Crippen LogP contribution in [0.5, 0.6) is 5.75 Å². The van der Waals surface area contributed by atoms with E-state index < -0.39 is 16.5 Å². The van der Waals surface area contributed by atoms with E-state index in [0.29, 0.717) is 36.1 Å². The molecule has 0 amide bonds. The molecule has 30 heavy (non-hydrogen) atoms. The van der Waals surface area contributed by atoms with Crippen molar-refractivity contribution in [2.24, 2.45) is 0 Å². The maximum Gasteiger partial charge on any atom is 0.230 e. The first-order valence-electron chi connectivity index (χ1n) is 9.64. The first-order chi connectivity index (χ1) is 14.5. The number of benzene rings is 2. The number of nitrogens with one attached hydrogen (secondary N) is 1. The molecule has 0 fully saturated rings. The number of ether oxygens (including phenoxy) is 1. The molecule has 0 atom stereocenters. The summed E-state index contributed by atoms with van der Waals surface area (Å²) in [5.41, 5.74) is 2.19. The van der Waals surface area contributed by atoms with Crippen molar-refractivity contribution >= 4 is 22.3 Å². The minimum Gasteiger partial charge on any atom is -0.493 e. The number of anilines is 2. The molecule has 0 unspecified atom stereocenters. The molecule has 3 rings (SSSR count). The average molecular weight is 431 g/mol. The highest BCUT2D eigenvalue weighted by Crippen LogP contribution is 2.29. The van der Waals surface area contributed by atoms with Gasteiger partial charge in [0, 0.05) is 11.8 Å². The fourth-order valence-corrected chi connectivity index (χ4v) is 3.21. The monoisotopic (exact) mass is 430 g/mol. The van der Waals surface area contributed by atoms with E-state index in [9.17, 15) is 12.8 Å². The lowest BCUT2D eigenvalue weighted by Gasteiger charge is -2.11. The Hall–Kier alpha value is -3.07. The van der Waals surface area contributed by atoms with Crippen molar-refractivity contribution in [3.8, 4) is 17.1 Å². The van der Waals surface area contributed by atoms with Crippen molar-refractivity contribution in [2.45, 2.75) is 26.2 Å². The van der Waals surface area contributed by atoms with E-state index in [1.54, 1.807) is 6.07 Å². The van der Waals surface area contributed by atoms with Gasteiger partial charge in [-0.3, -0.25) is 0 Å². The van der Waals surface area contributed by atoms with Crippen LogP contribution in [0, 0.1) is 5.82 Å². The minimum absolute atomic E-state index is 0.0973. The van der Waals surface area contributed by atoms with E-state index in [1.165, 1.54) is 18.5 Å². The summed E-state index contributed by atoms with van der Waals surface area (Å²) >= 11 is 0. The van der Waals surface area contributed by atoms with Crippen molar-refractivity contribution in [2.75, 3.05) is 17.7 Å². The number of aromatic nitrogens is 3. The lowest BCUT2D eigenvalue weighted by atomic mass is 10.1. The predicted octanol–water partition coefficient (Wildman–Crippen LogP) is 3.75. The number of unbranched alkanes of at least 4 members (excludes halogenated alkanes) is 1. The number of thiol groups is 1. The Kier molecular flexibility index (Phi) is 7.67. The van der Waals surface area contributed by atoms with Gasteiger partial charge in [0.05, 0.1) is 17.9 Å². The molecule has 0 aliphatic rings. The number of nitrogens with zero attached hydrogens (tertiary/aromatic N) is 3. The van der Waals surface area contributed by atoms with Crippen LogP contribution in [0.25, 0.3) is 11.4 Å². The zero-order valence-corrected chi connectivity index (χ0v) is 17.4. The van der Waals surface area contributed by atoms with Gasteiger partial charge in [0.15, 0.2) is 5.82 Å². The second-order valence-corrected chi connectivity index (χ2v) is 7.72. The lowest BCUT2D eigenvalue weighted by molar-refractivity contribution is 0.309. The summed E-state index contributed by atoms with van der Waals surface area (Å²) in [5, 5.41) is 3.10. The summed E-state index contributed by atoms with van der Waals surface area (Å²) in [6.07, 6.45) is 3.63. The SMILES string of the molecule is CCCCOc1cc(F)ccc1-c1ncnc(Nc2cccc(CC[SH](=O)=O)c2)n1. The summed E-state index contributed by atoms with van der Waals surface area (Å²) < 4.78 is 41.1. The Bertz CT molecular complexity index is 1070. The maximum atomic E-state index is 13.7. The van der Waals surface area contributed by atoms with Crippen LogP contribution >= 0.6 is 0 Å². The van der Waals surface area contributed by atoms with Crippen LogP contribution in [-0.2, 0) is 17.1 Å². The van der Waals surface area contributed by atoms with Gasteiger partial charge in [0.25, 0.3) is 0 Å². The molecule has 0 saturated carbocycles. The van der Waals surface area contributed by atoms with Crippen LogP contribution in [0.2, 0.25) is 0 Å². The molecule has 158 valence electrons. The van der Waals surface area contributed by atoms with E-state index in [1.807, 2.05) is 24.3 Å². The van der Waals surface area contributed by atoms with E-state index in [2.05, 4.69) is 27.2 Å². The summed E-state index contributed by atoms with van der Waals surface area (Å²) in [5.74, 6) is 0.762. The molecule has 0 spiro atoms. The summed E-state index contributed by atoms with van der Waals surface area (Å²) in [6, 6.07) is 11.6. The van der Waals surface area contributed by atoms with Gasteiger partial charge < -0.3 is 10.1 Å². The molecule has 0 radical (unpaired) electrons. The summed E-state index contributed by atoms with van der Waals surface area (Å²) in [4.78, 5) is 12.8. The number of hydrogen-bond donors (Lipinski definition) is 2. The smallest absolute Gasteiger partial charge is 0.230 e. The fraction of sp³-hybridized carbons (Fsp3) is 0.286. The second-order valence-electron chi connectivity index (χ2n) is 6.61. The molecule has 0 aliphatic heterocycles. The van der Waals surface area contributed by atoms with Crippen LogP contribution in [0.15, 0.2) is 48.8 Å². The fourth-order valence-electron chi connectivity index (χ4n) is 2.77. The lowest BCUT2D eigenvalue weighted by Crippen LogP contribution is -2.03. The standard InChI is InChI=1S/C21H23FN4O3S/c1-2-3-10-29-19-13-16(22)7-8-18(19)20-23-14-24-21(26-20)25-17-6-4-5-15(12-17)9-11-30(27)28/h4-8,12-14,30H,2-3,9-11H2,1H3,(H,23,24,25,26). The van der Waals surface area contributed by atoms with Gasteiger partial charge in [-0.05, 0) is 42.7 Å². The largest absolute Gasteiger partial charge is 0.493 e. The number of halogens is 1. The van der Waals surface area contributed by atoms with Gasteiger partial charge in [-0.2, -0.15) is 4.98 Å². The highest BCUT2D eigenvalue weighted by molar-refractivity contribution is 7.72. The normalized spacial score (nSPS) is 10.9. The first-order valence-corrected chi connectivity index (χ1v) is 11.0. The highest BCUT2D eigenvalue weighted by Gasteiger charge is 2.12. The molecule has 3 aromatic rings. The average Bonchev–Trinajstić information content (AvgIpc) is 2.73. The number of aryl methyl sites for hydroxylation is 1. The van der Waals surface area contributed by atoms with Crippen LogP contribution in [0.1, 0.15) is 25.3 Å². The molecular weight excluding hydrogens is 407 g/mol. The third-order valence-electron chi connectivity index (χ3n) is 4.28. The van der Waals surface area contributed by atoms with Crippen LogP contribution < -0.4 is 10.1 Å². The molecule has 2 aromatic carbocycles. The quantitative estimate of drug-likeness (QED) is 0.374. The number of hydrogen-bond acceptors (Lipinski definition) is 7. The molecule has 1 N–H and O–H groups in total. The zero-order chi connectivity index (χ0) is 21.3. The van der Waals surface area contributed by atoms with E-state index in [4.69, 9.17) is 4.74 Å². The third kappa shape index (κ3) is 6.21. The van der Waals surface area contributed by atoms with Gasteiger partial charge in [0.2, 0.25) is 5.95 Å². The van der Waals surface area contributed by atoms with E-state index in [0.717, 1.165) is 24.1 Å². The molecule has 1 heterocycles. The third-order valence-corrected chi connectivity index (χ3v) is 4.87. The molecule has 0 bridgehead atoms. The molecular formula is C21H23FN4O3S.